The number of fused-ring (bicyclic) bond motifs is 1. The molecule has 2 aromatic rings. The number of nitrogens with zero attached hydrogens (tertiary/aromatic N) is 1. The summed E-state index contributed by atoms with van der Waals surface area (Å²) in [5.74, 6) is 0. The first-order chi connectivity index (χ1) is 7.98. The van der Waals surface area contributed by atoms with Crippen molar-refractivity contribution in [3.63, 3.8) is 0 Å². The number of benzene rings is 1. The van der Waals surface area contributed by atoms with Gasteiger partial charge in [-0.1, -0.05) is 26.0 Å². The molecule has 0 aliphatic carbocycles. The number of sulfonamides is 1. The summed E-state index contributed by atoms with van der Waals surface area (Å²) in [7, 11) is -1.85. The molecule has 0 spiro atoms. The van der Waals surface area contributed by atoms with Crippen LogP contribution in [0, 0.1) is 0 Å². The van der Waals surface area contributed by atoms with Crippen LogP contribution in [0.4, 0.5) is 0 Å². The van der Waals surface area contributed by atoms with Crippen molar-refractivity contribution in [1.29, 1.82) is 0 Å². The molecule has 17 heavy (non-hydrogen) atoms. The lowest BCUT2D eigenvalue weighted by Gasteiger charge is -1.99. The van der Waals surface area contributed by atoms with Crippen LogP contribution in [0.1, 0.15) is 13.8 Å². The van der Waals surface area contributed by atoms with Gasteiger partial charge >= 0.3 is 0 Å². The summed E-state index contributed by atoms with van der Waals surface area (Å²) < 4.78 is 24.1. The molecule has 0 unspecified atom stereocenters. The van der Waals surface area contributed by atoms with Gasteiger partial charge in [0.25, 0.3) is 0 Å². The highest BCUT2D eigenvalue weighted by molar-refractivity contribution is 7.89. The van der Waals surface area contributed by atoms with Crippen molar-refractivity contribution in [1.82, 2.24) is 0 Å². The fourth-order valence-electron chi connectivity index (χ4n) is 1.54. The van der Waals surface area contributed by atoms with E-state index in [4.69, 9.17) is 5.14 Å². The summed E-state index contributed by atoms with van der Waals surface area (Å²) in [5, 5.41) is 5.93. The van der Waals surface area contributed by atoms with Crippen LogP contribution >= 0.6 is 0 Å². The van der Waals surface area contributed by atoms with Crippen molar-refractivity contribution in [2.24, 2.45) is 12.2 Å². The van der Waals surface area contributed by atoms with Crippen molar-refractivity contribution in [3.05, 3.63) is 36.5 Å². The monoisotopic (exact) mass is 253 g/mol. The van der Waals surface area contributed by atoms with Gasteiger partial charge in [-0.15, -0.1) is 0 Å². The molecule has 0 aliphatic rings. The summed E-state index contributed by atoms with van der Waals surface area (Å²) >= 11 is 0. The van der Waals surface area contributed by atoms with E-state index < -0.39 is 10.0 Å². The Hall–Kier alpha value is -1.46. The van der Waals surface area contributed by atoms with Gasteiger partial charge in [0, 0.05) is 11.5 Å². The first-order valence-electron chi connectivity index (χ1n) is 5.40. The SMILES string of the molecule is CC.C[n+]1cc(S(N)(=O)=O)cc2ccccc21. The number of pyridine rings is 1. The molecule has 92 valence electrons. The van der Waals surface area contributed by atoms with Crippen molar-refractivity contribution in [2.75, 3.05) is 0 Å². The van der Waals surface area contributed by atoms with Gasteiger partial charge < -0.3 is 0 Å². The maximum absolute atomic E-state index is 11.2. The summed E-state index contributed by atoms with van der Waals surface area (Å²) in [6.07, 6.45) is 1.51. The van der Waals surface area contributed by atoms with Gasteiger partial charge in [0.15, 0.2) is 6.20 Å². The van der Waals surface area contributed by atoms with Gasteiger partial charge in [-0.05, 0) is 12.1 Å². The van der Waals surface area contributed by atoms with Crippen LogP contribution in [0.25, 0.3) is 10.9 Å². The van der Waals surface area contributed by atoms with E-state index in [0.29, 0.717) is 0 Å². The molecule has 5 heteroatoms. The number of aryl methyl sites for hydroxylation is 1. The standard InChI is InChI=1S/C10H11N2O2S.C2H6/c1-12-7-9(15(11,13)14)6-8-4-2-3-5-10(8)12;1-2/h2-7H,1H3,(H2,11,13,14);1-2H3/q+1;. The predicted octanol–water partition coefficient (Wildman–Crippen LogP) is 1.34. The Labute approximate surface area is 102 Å². The molecule has 2 N–H and O–H groups in total. The van der Waals surface area contributed by atoms with E-state index in [-0.39, 0.29) is 4.90 Å². The largest absolute Gasteiger partial charge is 0.244 e. The second kappa shape index (κ2) is 5.25. The van der Waals surface area contributed by atoms with Gasteiger partial charge in [-0.2, -0.15) is 4.57 Å². The van der Waals surface area contributed by atoms with Crippen LogP contribution < -0.4 is 9.71 Å². The van der Waals surface area contributed by atoms with Crippen molar-refractivity contribution in [2.45, 2.75) is 18.7 Å². The van der Waals surface area contributed by atoms with Gasteiger partial charge in [-0.25, -0.2) is 13.6 Å². The van der Waals surface area contributed by atoms with Crippen LogP contribution in [-0.2, 0) is 17.1 Å². The molecule has 0 radical (unpaired) electrons. The highest BCUT2D eigenvalue weighted by atomic mass is 32.2. The minimum absolute atomic E-state index is 0.128. The highest BCUT2D eigenvalue weighted by Gasteiger charge is 2.14. The Bertz CT molecular complexity index is 621. The van der Waals surface area contributed by atoms with Crippen LogP contribution in [0.5, 0.6) is 0 Å². The van der Waals surface area contributed by atoms with Gasteiger partial charge in [0.1, 0.15) is 11.9 Å². The molecular weight excluding hydrogens is 236 g/mol. The molecule has 2 rings (SSSR count). The molecule has 0 bridgehead atoms. The first-order valence-corrected chi connectivity index (χ1v) is 6.94. The number of rotatable bonds is 1. The summed E-state index contributed by atoms with van der Waals surface area (Å²) in [6, 6.07) is 9.10. The van der Waals surface area contributed by atoms with Gasteiger partial charge in [-0.3, -0.25) is 0 Å². The van der Waals surface area contributed by atoms with Crippen LogP contribution in [-0.4, -0.2) is 8.42 Å². The third kappa shape index (κ3) is 3.01. The summed E-state index contributed by atoms with van der Waals surface area (Å²) in [4.78, 5) is 0.128. The molecule has 1 aromatic heterocycles. The molecule has 0 aliphatic heterocycles. The summed E-state index contributed by atoms with van der Waals surface area (Å²) in [6.45, 7) is 4.00. The van der Waals surface area contributed by atoms with Gasteiger partial charge in [0.05, 0.1) is 0 Å². The molecule has 0 fully saturated rings. The smallest absolute Gasteiger partial charge is 0.224 e. The van der Waals surface area contributed by atoms with Crippen molar-refractivity contribution in [3.8, 4) is 0 Å². The van der Waals surface area contributed by atoms with E-state index in [1.54, 1.807) is 17.7 Å². The van der Waals surface area contributed by atoms with E-state index in [0.717, 1.165) is 10.9 Å². The number of aromatic nitrogens is 1. The van der Waals surface area contributed by atoms with Crippen LogP contribution in [0.2, 0.25) is 0 Å². The molecule has 0 saturated carbocycles. The average Bonchev–Trinajstić information content (AvgIpc) is 2.30. The average molecular weight is 253 g/mol. The highest BCUT2D eigenvalue weighted by Crippen LogP contribution is 2.13. The molecule has 4 nitrogen and oxygen atoms in total. The van der Waals surface area contributed by atoms with E-state index in [1.807, 2.05) is 38.1 Å². The number of nitrogens with two attached hydrogens (primary N) is 1. The quantitative estimate of drug-likeness (QED) is 0.779. The number of primary sulfonamides is 1. The first kappa shape index (κ1) is 13.6. The lowest BCUT2D eigenvalue weighted by molar-refractivity contribution is -0.646. The second-order valence-corrected chi connectivity index (χ2v) is 4.95. The number of hydrogen-bond donors (Lipinski definition) is 1. The Kier molecular flexibility index (Phi) is 4.20. The third-order valence-electron chi connectivity index (χ3n) is 2.26. The lowest BCUT2D eigenvalue weighted by atomic mass is 10.2. The normalized spacial score (nSPS) is 10.8. The molecule has 1 aromatic carbocycles. The zero-order valence-corrected chi connectivity index (χ0v) is 11.0. The molecular formula is C12H17N2O2S+. The van der Waals surface area contributed by atoms with E-state index in [9.17, 15) is 8.42 Å². The molecule has 0 saturated heterocycles. The van der Waals surface area contributed by atoms with E-state index in [2.05, 4.69) is 0 Å². The Morgan fingerprint density at radius 3 is 2.35 bits per heavy atom. The zero-order chi connectivity index (χ0) is 13.1. The van der Waals surface area contributed by atoms with E-state index in [1.165, 1.54) is 6.20 Å². The van der Waals surface area contributed by atoms with Gasteiger partial charge in [0.2, 0.25) is 15.5 Å². The maximum atomic E-state index is 11.2. The number of hydrogen-bond acceptors (Lipinski definition) is 2. The zero-order valence-electron chi connectivity index (χ0n) is 10.2. The maximum Gasteiger partial charge on any atom is 0.244 e. The minimum Gasteiger partial charge on any atom is -0.224 e. The number of para-hydroxylation sites is 1. The lowest BCUT2D eigenvalue weighted by Crippen LogP contribution is -2.30. The van der Waals surface area contributed by atoms with E-state index >= 15 is 0 Å². The second-order valence-electron chi connectivity index (χ2n) is 3.39. The topological polar surface area (TPSA) is 64.0 Å². The third-order valence-corrected chi connectivity index (χ3v) is 3.14. The fraction of sp³-hybridized carbons (Fsp3) is 0.250. The minimum atomic E-state index is -3.64. The molecule has 0 amide bonds. The Balaban J connectivity index is 0.000000686. The van der Waals surface area contributed by atoms with Crippen molar-refractivity contribution < 1.29 is 13.0 Å². The summed E-state index contributed by atoms with van der Waals surface area (Å²) in [5.41, 5.74) is 0.963. The molecule has 1 heterocycles. The van der Waals surface area contributed by atoms with Crippen LogP contribution in [0.15, 0.2) is 41.4 Å². The van der Waals surface area contributed by atoms with Crippen molar-refractivity contribution >= 4 is 20.9 Å². The Morgan fingerprint density at radius 2 is 1.76 bits per heavy atom. The fourth-order valence-corrected chi connectivity index (χ4v) is 2.13. The molecule has 0 atom stereocenters. The predicted molar refractivity (Wildman–Crippen MR) is 67.8 cm³/mol. The van der Waals surface area contributed by atoms with Crippen LogP contribution in [0.3, 0.4) is 0 Å². The Morgan fingerprint density at radius 1 is 1.18 bits per heavy atom.